The summed E-state index contributed by atoms with van der Waals surface area (Å²) in [6.45, 7) is 2.13. The van der Waals surface area contributed by atoms with Gasteiger partial charge in [-0.2, -0.15) is 0 Å². The highest BCUT2D eigenvalue weighted by Crippen LogP contribution is 2.29. The minimum Gasteiger partial charge on any atom is -0.459 e. The molecule has 1 atom stereocenters. The van der Waals surface area contributed by atoms with E-state index in [1.165, 1.54) is 6.07 Å². The Kier molecular flexibility index (Phi) is 3.84. The predicted molar refractivity (Wildman–Crippen MR) is 70.6 cm³/mol. The van der Waals surface area contributed by atoms with Gasteiger partial charge in [-0.3, -0.25) is 0 Å². The average molecular weight is 300 g/mol. The fraction of sp³-hybridized carbons (Fsp3) is 0.385. The summed E-state index contributed by atoms with van der Waals surface area (Å²) < 4.78 is 19.5. The molecule has 2 rings (SSSR count). The maximum absolute atomic E-state index is 13.4. The van der Waals surface area contributed by atoms with E-state index in [1.807, 2.05) is 13.1 Å². The lowest BCUT2D eigenvalue weighted by atomic mass is 10.1. The van der Waals surface area contributed by atoms with Crippen LogP contribution in [-0.2, 0) is 0 Å². The van der Waals surface area contributed by atoms with Gasteiger partial charge in [0.25, 0.3) is 0 Å². The molecule has 0 radical (unpaired) electrons. The van der Waals surface area contributed by atoms with Crippen LogP contribution >= 0.6 is 15.9 Å². The van der Waals surface area contributed by atoms with Crippen molar-refractivity contribution in [2.75, 3.05) is 7.05 Å². The fourth-order valence-corrected chi connectivity index (χ4v) is 2.31. The molecule has 0 aliphatic carbocycles. The van der Waals surface area contributed by atoms with Crippen molar-refractivity contribution >= 4 is 26.9 Å². The first kappa shape index (κ1) is 12.6. The average Bonchev–Trinajstić information content (AvgIpc) is 2.69. The SMILES string of the molecule is CCCC(NC)c1cc2cc(Br)c(F)cc2o1. The molecule has 1 N–H and O–H groups in total. The van der Waals surface area contributed by atoms with Crippen molar-refractivity contribution in [2.45, 2.75) is 25.8 Å². The number of hydrogen-bond acceptors (Lipinski definition) is 2. The van der Waals surface area contributed by atoms with Crippen LogP contribution < -0.4 is 5.32 Å². The molecule has 2 nitrogen and oxygen atoms in total. The van der Waals surface area contributed by atoms with E-state index in [9.17, 15) is 4.39 Å². The van der Waals surface area contributed by atoms with Crippen LogP contribution in [0.2, 0.25) is 0 Å². The molecule has 1 aromatic heterocycles. The number of rotatable bonds is 4. The minimum atomic E-state index is -0.296. The second-order valence-corrected chi connectivity index (χ2v) is 4.94. The zero-order valence-electron chi connectivity index (χ0n) is 9.89. The Morgan fingerprint density at radius 2 is 2.18 bits per heavy atom. The van der Waals surface area contributed by atoms with Crippen molar-refractivity contribution in [3.05, 3.63) is 34.2 Å². The van der Waals surface area contributed by atoms with Crippen molar-refractivity contribution in [1.29, 1.82) is 0 Å². The van der Waals surface area contributed by atoms with Crippen molar-refractivity contribution < 1.29 is 8.81 Å². The molecule has 1 unspecified atom stereocenters. The summed E-state index contributed by atoms with van der Waals surface area (Å²) in [6.07, 6.45) is 2.07. The van der Waals surface area contributed by atoms with Crippen molar-refractivity contribution in [1.82, 2.24) is 5.32 Å². The predicted octanol–water partition coefficient (Wildman–Crippen LogP) is 4.40. The second kappa shape index (κ2) is 5.19. The van der Waals surface area contributed by atoms with Crippen LogP contribution in [-0.4, -0.2) is 7.05 Å². The van der Waals surface area contributed by atoms with Gasteiger partial charge in [0.15, 0.2) is 0 Å². The van der Waals surface area contributed by atoms with Crippen LogP contribution in [0.1, 0.15) is 31.6 Å². The van der Waals surface area contributed by atoms with Crippen LogP contribution in [0.15, 0.2) is 27.1 Å². The van der Waals surface area contributed by atoms with Gasteiger partial charge in [-0.1, -0.05) is 13.3 Å². The lowest BCUT2D eigenvalue weighted by Crippen LogP contribution is -2.15. The van der Waals surface area contributed by atoms with E-state index >= 15 is 0 Å². The largest absolute Gasteiger partial charge is 0.459 e. The fourth-order valence-electron chi connectivity index (χ4n) is 1.94. The minimum absolute atomic E-state index is 0.189. The highest BCUT2D eigenvalue weighted by molar-refractivity contribution is 9.10. The molecule has 0 saturated carbocycles. The first-order chi connectivity index (χ1) is 8.15. The quantitative estimate of drug-likeness (QED) is 0.905. The lowest BCUT2D eigenvalue weighted by molar-refractivity contribution is 0.429. The topological polar surface area (TPSA) is 25.2 Å². The van der Waals surface area contributed by atoms with E-state index in [0.29, 0.717) is 10.1 Å². The summed E-state index contributed by atoms with van der Waals surface area (Å²) in [4.78, 5) is 0. The van der Waals surface area contributed by atoms with Gasteiger partial charge in [0.2, 0.25) is 0 Å². The van der Waals surface area contributed by atoms with Crippen LogP contribution in [0.5, 0.6) is 0 Å². The Balaban J connectivity index is 2.43. The Hall–Kier alpha value is -0.870. The van der Waals surface area contributed by atoms with E-state index in [2.05, 4.69) is 28.2 Å². The van der Waals surface area contributed by atoms with Crippen LogP contribution in [0.3, 0.4) is 0 Å². The molecule has 17 heavy (non-hydrogen) atoms. The molecule has 0 spiro atoms. The van der Waals surface area contributed by atoms with Crippen molar-refractivity contribution in [2.24, 2.45) is 0 Å². The summed E-state index contributed by atoms with van der Waals surface area (Å²) >= 11 is 3.18. The standard InChI is InChI=1S/C13H15BrFNO/c1-3-4-11(16-2)13-6-8-5-9(14)10(15)7-12(8)17-13/h5-7,11,16H,3-4H2,1-2H3. The maximum Gasteiger partial charge on any atom is 0.141 e. The third kappa shape index (κ3) is 2.53. The molecule has 0 amide bonds. The van der Waals surface area contributed by atoms with Gasteiger partial charge in [0.05, 0.1) is 10.5 Å². The normalized spacial score (nSPS) is 13.2. The van der Waals surface area contributed by atoms with E-state index in [4.69, 9.17) is 4.42 Å². The van der Waals surface area contributed by atoms with Gasteiger partial charge < -0.3 is 9.73 Å². The zero-order chi connectivity index (χ0) is 12.4. The van der Waals surface area contributed by atoms with E-state index in [0.717, 1.165) is 24.0 Å². The van der Waals surface area contributed by atoms with Gasteiger partial charge >= 0.3 is 0 Å². The Morgan fingerprint density at radius 3 is 2.82 bits per heavy atom. The molecule has 1 aromatic carbocycles. The molecule has 0 saturated heterocycles. The highest BCUT2D eigenvalue weighted by atomic mass is 79.9. The van der Waals surface area contributed by atoms with Gasteiger partial charge in [0, 0.05) is 11.5 Å². The third-order valence-electron chi connectivity index (χ3n) is 2.85. The molecule has 0 aliphatic rings. The molecular formula is C13H15BrFNO. The number of halogens is 2. The van der Waals surface area contributed by atoms with E-state index < -0.39 is 0 Å². The molecule has 0 fully saturated rings. The Bertz CT molecular complexity index is 484. The monoisotopic (exact) mass is 299 g/mol. The molecule has 92 valence electrons. The molecular weight excluding hydrogens is 285 g/mol. The van der Waals surface area contributed by atoms with Gasteiger partial charge in [-0.15, -0.1) is 0 Å². The molecule has 0 bridgehead atoms. The number of nitrogens with one attached hydrogen (secondary N) is 1. The summed E-state index contributed by atoms with van der Waals surface area (Å²) in [5.41, 5.74) is 0.594. The number of benzene rings is 1. The van der Waals surface area contributed by atoms with Gasteiger partial charge in [-0.25, -0.2) is 4.39 Å². The smallest absolute Gasteiger partial charge is 0.141 e. The van der Waals surface area contributed by atoms with Crippen LogP contribution in [0.25, 0.3) is 11.0 Å². The van der Waals surface area contributed by atoms with Crippen LogP contribution in [0.4, 0.5) is 4.39 Å². The van der Waals surface area contributed by atoms with Crippen LogP contribution in [0, 0.1) is 5.82 Å². The summed E-state index contributed by atoms with van der Waals surface area (Å²) in [6, 6.07) is 5.32. The molecule has 2 aromatic rings. The summed E-state index contributed by atoms with van der Waals surface area (Å²) in [5.74, 6) is 0.566. The highest BCUT2D eigenvalue weighted by Gasteiger charge is 2.14. The molecule has 0 aliphatic heterocycles. The Morgan fingerprint density at radius 1 is 1.41 bits per heavy atom. The maximum atomic E-state index is 13.4. The van der Waals surface area contributed by atoms with Crippen molar-refractivity contribution in [3.63, 3.8) is 0 Å². The molecule has 1 heterocycles. The first-order valence-corrected chi connectivity index (χ1v) is 6.50. The number of furan rings is 1. The number of fused-ring (bicyclic) bond motifs is 1. The van der Waals surface area contributed by atoms with E-state index in [1.54, 1.807) is 6.07 Å². The van der Waals surface area contributed by atoms with Gasteiger partial charge in [-0.05, 0) is 41.5 Å². The van der Waals surface area contributed by atoms with E-state index in [-0.39, 0.29) is 11.9 Å². The summed E-state index contributed by atoms with van der Waals surface area (Å²) in [5, 5.41) is 4.13. The van der Waals surface area contributed by atoms with Gasteiger partial charge in [0.1, 0.15) is 17.2 Å². The summed E-state index contributed by atoms with van der Waals surface area (Å²) in [7, 11) is 1.91. The Labute approximate surface area is 108 Å². The third-order valence-corrected chi connectivity index (χ3v) is 3.46. The van der Waals surface area contributed by atoms with Crippen molar-refractivity contribution in [3.8, 4) is 0 Å². The lowest BCUT2D eigenvalue weighted by Gasteiger charge is -2.11. The molecule has 4 heteroatoms. The zero-order valence-corrected chi connectivity index (χ0v) is 11.5. The first-order valence-electron chi connectivity index (χ1n) is 5.71. The second-order valence-electron chi connectivity index (χ2n) is 4.08. The number of hydrogen-bond donors (Lipinski definition) is 1.